The third-order valence-electron chi connectivity index (χ3n) is 5.92. The summed E-state index contributed by atoms with van der Waals surface area (Å²) in [5, 5.41) is 2.86. The molecule has 134 valence electrons. The van der Waals surface area contributed by atoms with Crippen LogP contribution in [0.5, 0.6) is 0 Å². The van der Waals surface area contributed by atoms with E-state index in [0.29, 0.717) is 6.42 Å². The van der Waals surface area contributed by atoms with Crippen LogP contribution in [0, 0.1) is 0 Å². The van der Waals surface area contributed by atoms with E-state index < -0.39 is 0 Å². The Morgan fingerprint density at radius 1 is 1.08 bits per heavy atom. The van der Waals surface area contributed by atoms with E-state index in [0.717, 1.165) is 51.0 Å². The molecular formula is C20H27N3O2. The molecule has 4 rings (SSSR count). The summed E-state index contributed by atoms with van der Waals surface area (Å²) >= 11 is 0. The monoisotopic (exact) mass is 341 g/mol. The topological polar surface area (TPSA) is 52.7 Å². The maximum absolute atomic E-state index is 12.7. The number of nitrogens with zero attached hydrogens (tertiary/aromatic N) is 2. The number of carbonyl (C=O) groups is 2. The summed E-state index contributed by atoms with van der Waals surface area (Å²) in [4.78, 5) is 28.4. The van der Waals surface area contributed by atoms with E-state index >= 15 is 0 Å². The lowest BCUT2D eigenvalue weighted by Crippen LogP contribution is -2.48. The molecule has 3 aliphatic rings. The molecule has 1 aliphatic carbocycles. The van der Waals surface area contributed by atoms with Gasteiger partial charge in [0.15, 0.2) is 0 Å². The normalized spacial score (nSPS) is 21.2. The number of aryl methyl sites for hydroxylation is 2. The molecular weight excluding hydrogens is 314 g/mol. The van der Waals surface area contributed by atoms with Gasteiger partial charge < -0.3 is 15.1 Å². The molecule has 0 bridgehead atoms. The lowest BCUT2D eigenvalue weighted by molar-refractivity contribution is -0.131. The molecule has 5 heteroatoms. The van der Waals surface area contributed by atoms with Gasteiger partial charge in [-0.1, -0.05) is 18.2 Å². The Bertz CT molecular complexity index is 665. The fraction of sp³-hybridized carbons (Fsp3) is 0.600. The number of piperidine rings is 1. The van der Waals surface area contributed by atoms with Crippen molar-refractivity contribution in [3.63, 3.8) is 0 Å². The van der Waals surface area contributed by atoms with E-state index in [1.165, 1.54) is 30.4 Å². The number of likely N-dealkylation sites (tertiary alicyclic amines) is 1. The molecule has 1 N–H and O–H groups in total. The molecule has 0 saturated carbocycles. The van der Waals surface area contributed by atoms with Crippen molar-refractivity contribution >= 4 is 11.9 Å². The molecule has 0 spiro atoms. The Hall–Kier alpha value is -2.04. The first-order valence-electron chi connectivity index (χ1n) is 9.63. The van der Waals surface area contributed by atoms with E-state index in [-0.39, 0.29) is 18.0 Å². The summed E-state index contributed by atoms with van der Waals surface area (Å²) in [6, 6.07) is 6.93. The zero-order valence-electron chi connectivity index (χ0n) is 14.8. The molecule has 0 radical (unpaired) electrons. The number of nitrogens with one attached hydrogen (secondary N) is 1. The largest absolute Gasteiger partial charge is 0.342 e. The average molecular weight is 341 g/mol. The summed E-state index contributed by atoms with van der Waals surface area (Å²) in [5.41, 5.74) is 4.05. The zero-order valence-corrected chi connectivity index (χ0v) is 14.8. The molecule has 2 fully saturated rings. The highest BCUT2D eigenvalue weighted by Gasteiger charge is 2.31. The van der Waals surface area contributed by atoms with Crippen LogP contribution in [0.1, 0.15) is 42.4 Å². The van der Waals surface area contributed by atoms with Crippen LogP contribution < -0.4 is 5.32 Å². The van der Waals surface area contributed by atoms with Gasteiger partial charge in [-0.3, -0.25) is 4.79 Å². The van der Waals surface area contributed by atoms with Gasteiger partial charge in [-0.2, -0.15) is 0 Å². The van der Waals surface area contributed by atoms with Crippen molar-refractivity contribution in [1.29, 1.82) is 0 Å². The molecule has 0 aromatic heterocycles. The van der Waals surface area contributed by atoms with Gasteiger partial charge in [-0.25, -0.2) is 4.79 Å². The highest BCUT2D eigenvalue weighted by molar-refractivity contribution is 5.79. The molecule has 2 aliphatic heterocycles. The van der Waals surface area contributed by atoms with Gasteiger partial charge >= 0.3 is 6.03 Å². The fourth-order valence-corrected chi connectivity index (χ4v) is 4.44. The Labute approximate surface area is 149 Å². The number of fused-ring (bicyclic) bond motifs is 1. The number of hydrogen-bond donors (Lipinski definition) is 1. The predicted molar refractivity (Wildman–Crippen MR) is 96.5 cm³/mol. The Morgan fingerprint density at radius 3 is 2.56 bits per heavy atom. The van der Waals surface area contributed by atoms with Gasteiger partial charge in [0.1, 0.15) is 0 Å². The number of carbonyl (C=O) groups excluding carboxylic acids is 2. The quantitative estimate of drug-likeness (QED) is 0.916. The van der Waals surface area contributed by atoms with E-state index in [1.54, 1.807) is 0 Å². The summed E-state index contributed by atoms with van der Waals surface area (Å²) in [5.74, 6) is 0.222. The van der Waals surface area contributed by atoms with Crippen molar-refractivity contribution in [2.75, 3.05) is 26.2 Å². The highest BCUT2D eigenvalue weighted by atomic mass is 16.2. The fourth-order valence-electron chi connectivity index (χ4n) is 4.44. The van der Waals surface area contributed by atoms with E-state index in [4.69, 9.17) is 0 Å². The number of hydrogen-bond acceptors (Lipinski definition) is 2. The summed E-state index contributed by atoms with van der Waals surface area (Å²) in [6.45, 7) is 3.07. The summed E-state index contributed by atoms with van der Waals surface area (Å²) < 4.78 is 0. The highest BCUT2D eigenvalue weighted by Crippen LogP contribution is 2.23. The Morgan fingerprint density at radius 2 is 1.84 bits per heavy atom. The van der Waals surface area contributed by atoms with Crippen LogP contribution in [0.3, 0.4) is 0 Å². The number of benzene rings is 1. The van der Waals surface area contributed by atoms with Crippen LogP contribution in [0.25, 0.3) is 0 Å². The summed E-state index contributed by atoms with van der Waals surface area (Å²) in [6.07, 6.45) is 7.17. The summed E-state index contributed by atoms with van der Waals surface area (Å²) in [7, 11) is 0. The third kappa shape index (κ3) is 3.51. The van der Waals surface area contributed by atoms with Crippen LogP contribution in [-0.2, 0) is 24.1 Å². The van der Waals surface area contributed by atoms with Crippen molar-refractivity contribution in [2.45, 2.75) is 51.0 Å². The first kappa shape index (κ1) is 16.4. The number of urea groups is 1. The lowest BCUT2D eigenvalue weighted by Gasteiger charge is -2.36. The lowest BCUT2D eigenvalue weighted by atomic mass is 9.90. The van der Waals surface area contributed by atoms with Crippen molar-refractivity contribution in [3.8, 4) is 0 Å². The molecule has 2 saturated heterocycles. The first-order valence-corrected chi connectivity index (χ1v) is 9.63. The smallest absolute Gasteiger partial charge is 0.317 e. The Kier molecular flexibility index (Phi) is 4.64. The molecule has 1 aromatic carbocycles. The van der Waals surface area contributed by atoms with Crippen LogP contribution in [0.2, 0.25) is 0 Å². The molecule has 2 heterocycles. The second kappa shape index (κ2) is 7.06. The predicted octanol–water partition coefficient (Wildman–Crippen LogP) is 2.12. The molecule has 25 heavy (non-hydrogen) atoms. The van der Waals surface area contributed by atoms with Crippen LogP contribution in [-0.4, -0.2) is 54.0 Å². The molecule has 0 unspecified atom stereocenters. The average Bonchev–Trinajstić information content (AvgIpc) is 3.08. The van der Waals surface area contributed by atoms with Gasteiger partial charge in [0.2, 0.25) is 5.91 Å². The second-order valence-corrected chi connectivity index (χ2v) is 7.52. The molecule has 1 aromatic rings. The maximum atomic E-state index is 12.7. The van der Waals surface area contributed by atoms with Crippen molar-refractivity contribution in [2.24, 2.45) is 0 Å². The van der Waals surface area contributed by atoms with Crippen molar-refractivity contribution in [3.05, 3.63) is 34.9 Å². The Balaban J connectivity index is 1.32. The van der Waals surface area contributed by atoms with Gasteiger partial charge in [-0.05, 0) is 55.2 Å². The van der Waals surface area contributed by atoms with E-state index in [1.807, 2.05) is 9.80 Å². The van der Waals surface area contributed by atoms with E-state index in [9.17, 15) is 9.59 Å². The van der Waals surface area contributed by atoms with Crippen molar-refractivity contribution in [1.82, 2.24) is 15.1 Å². The standard InChI is InChI=1S/C20H27N3O2/c24-19(14-15-5-6-16-3-1-2-4-17(16)13-15)22-10-7-18(8-11-22)23-12-9-21-20(23)25/h5-6,13,18H,1-4,7-12,14H2,(H,21,25). The van der Waals surface area contributed by atoms with Gasteiger partial charge in [0.25, 0.3) is 0 Å². The third-order valence-corrected chi connectivity index (χ3v) is 5.92. The minimum atomic E-state index is 0.0545. The van der Waals surface area contributed by atoms with Gasteiger partial charge in [0, 0.05) is 32.2 Å². The van der Waals surface area contributed by atoms with E-state index in [2.05, 4.69) is 23.5 Å². The molecule has 3 amide bonds. The minimum absolute atomic E-state index is 0.0545. The molecule has 5 nitrogen and oxygen atoms in total. The van der Waals surface area contributed by atoms with Crippen molar-refractivity contribution < 1.29 is 9.59 Å². The SMILES string of the molecule is O=C(Cc1ccc2c(c1)CCCC2)N1CCC(N2CCNC2=O)CC1. The minimum Gasteiger partial charge on any atom is -0.342 e. The second-order valence-electron chi connectivity index (χ2n) is 7.52. The zero-order chi connectivity index (χ0) is 17.2. The van der Waals surface area contributed by atoms with Crippen LogP contribution in [0.4, 0.5) is 4.79 Å². The number of rotatable bonds is 3. The van der Waals surface area contributed by atoms with Crippen LogP contribution >= 0.6 is 0 Å². The van der Waals surface area contributed by atoms with Crippen LogP contribution in [0.15, 0.2) is 18.2 Å². The van der Waals surface area contributed by atoms with Gasteiger partial charge in [0.05, 0.1) is 6.42 Å². The van der Waals surface area contributed by atoms with Gasteiger partial charge in [-0.15, -0.1) is 0 Å². The maximum Gasteiger partial charge on any atom is 0.317 e. The first-order chi connectivity index (χ1) is 12.2. The molecule has 0 atom stereocenters. The number of amides is 3.